The van der Waals surface area contributed by atoms with E-state index in [0.717, 1.165) is 6.07 Å². The zero-order valence-electron chi connectivity index (χ0n) is 10.3. The molecule has 0 amide bonds. The second kappa shape index (κ2) is 5.60. The third-order valence-corrected chi connectivity index (χ3v) is 3.02. The number of hydrogen-bond acceptors (Lipinski definition) is 5. The number of nitro groups is 1. The van der Waals surface area contributed by atoms with Crippen molar-refractivity contribution < 1.29 is 19.2 Å². The number of aliphatic hydroxyl groups is 1. The highest BCUT2D eigenvalue weighted by Gasteiger charge is 2.31. The predicted octanol–water partition coefficient (Wildman–Crippen LogP) is 0.975. The van der Waals surface area contributed by atoms with Gasteiger partial charge in [-0.25, -0.2) is 4.39 Å². The van der Waals surface area contributed by atoms with Gasteiger partial charge in [-0.15, -0.1) is 0 Å². The third kappa shape index (κ3) is 3.69. The fourth-order valence-electron chi connectivity index (χ4n) is 2.02. The molecule has 7 heteroatoms. The highest BCUT2D eigenvalue weighted by Crippen LogP contribution is 2.18. The molecule has 1 aromatic carbocycles. The number of rotatable bonds is 5. The molecule has 1 fully saturated rings. The molecule has 0 aromatic heterocycles. The predicted molar refractivity (Wildman–Crippen MR) is 65.1 cm³/mol. The Morgan fingerprint density at radius 3 is 2.95 bits per heavy atom. The number of nitro benzene ring substituents is 1. The molecule has 0 saturated carbocycles. The van der Waals surface area contributed by atoms with Crippen molar-refractivity contribution in [2.75, 3.05) is 19.8 Å². The van der Waals surface area contributed by atoms with Gasteiger partial charge < -0.3 is 15.2 Å². The SMILES string of the molecule is O=[N+]([O-])c1cc(F)cc(CNCC2(O)CCOC2)c1. The molecular formula is C12H15FN2O4. The summed E-state index contributed by atoms with van der Waals surface area (Å²) in [6.07, 6.45) is 0.545. The first kappa shape index (κ1) is 13.9. The Morgan fingerprint density at radius 2 is 2.32 bits per heavy atom. The third-order valence-electron chi connectivity index (χ3n) is 3.02. The van der Waals surface area contributed by atoms with Gasteiger partial charge in [-0.05, 0) is 11.6 Å². The summed E-state index contributed by atoms with van der Waals surface area (Å²) in [5.74, 6) is -0.645. The Kier molecular flexibility index (Phi) is 4.08. The van der Waals surface area contributed by atoms with Crippen molar-refractivity contribution in [3.63, 3.8) is 0 Å². The molecule has 1 heterocycles. The highest BCUT2D eigenvalue weighted by atomic mass is 19.1. The van der Waals surface area contributed by atoms with E-state index < -0.39 is 16.3 Å². The zero-order chi connectivity index (χ0) is 13.9. The molecule has 0 bridgehead atoms. The van der Waals surface area contributed by atoms with Gasteiger partial charge in [0.2, 0.25) is 0 Å². The van der Waals surface area contributed by atoms with Gasteiger partial charge in [-0.3, -0.25) is 10.1 Å². The molecule has 1 atom stereocenters. The summed E-state index contributed by atoms with van der Waals surface area (Å²) in [6.45, 7) is 1.34. The van der Waals surface area contributed by atoms with E-state index in [2.05, 4.69) is 5.32 Å². The standard InChI is InChI=1S/C12H15FN2O4/c13-10-3-9(4-11(5-10)15(17)18)6-14-7-12(16)1-2-19-8-12/h3-5,14,16H,1-2,6-8H2. The Bertz CT molecular complexity index is 475. The molecule has 1 unspecified atom stereocenters. The van der Waals surface area contributed by atoms with Crippen LogP contribution in [0.5, 0.6) is 0 Å². The molecule has 6 nitrogen and oxygen atoms in total. The first-order valence-corrected chi connectivity index (χ1v) is 5.93. The van der Waals surface area contributed by atoms with Gasteiger partial charge in [0, 0.05) is 32.2 Å². The van der Waals surface area contributed by atoms with Crippen LogP contribution in [0.1, 0.15) is 12.0 Å². The van der Waals surface area contributed by atoms with E-state index in [9.17, 15) is 19.6 Å². The minimum absolute atomic E-state index is 0.251. The summed E-state index contributed by atoms with van der Waals surface area (Å²) in [4.78, 5) is 9.97. The van der Waals surface area contributed by atoms with E-state index in [0.29, 0.717) is 25.1 Å². The summed E-state index contributed by atoms with van der Waals surface area (Å²) in [5, 5.41) is 23.6. The monoisotopic (exact) mass is 270 g/mol. The lowest BCUT2D eigenvalue weighted by molar-refractivity contribution is -0.385. The molecule has 1 saturated heterocycles. The molecule has 0 radical (unpaired) electrons. The number of halogens is 1. The molecule has 1 aliphatic rings. The summed E-state index contributed by atoms with van der Waals surface area (Å²) >= 11 is 0. The molecule has 0 spiro atoms. The van der Waals surface area contributed by atoms with Gasteiger partial charge in [-0.1, -0.05) is 0 Å². The van der Waals surface area contributed by atoms with Crippen LogP contribution in [0.2, 0.25) is 0 Å². The van der Waals surface area contributed by atoms with Crippen LogP contribution < -0.4 is 5.32 Å². The molecule has 19 heavy (non-hydrogen) atoms. The Balaban J connectivity index is 1.94. The molecule has 2 rings (SSSR count). The Labute approximate surface area is 109 Å². The topological polar surface area (TPSA) is 84.6 Å². The Morgan fingerprint density at radius 1 is 1.53 bits per heavy atom. The van der Waals surface area contributed by atoms with E-state index in [1.165, 1.54) is 12.1 Å². The van der Waals surface area contributed by atoms with Crippen LogP contribution in [0.4, 0.5) is 10.1 Å². The van der Waals surface area contributed by atoms with Gasteiger partial charge in [0.25, 0.3) is 5.69 Å². The number of nitrogens with zero attached hydrogens (tertiary/aromatic N) is 1. The lowest BCUT2D eigenvalue weighted by atomic mass is 10.0. The molecule has 2 N–H and O–H groups in total. The number of nitrogens with one attached hydrogen (secondary N) is 1. The van der Waals surface area contributed by atoms with Crippen molar-refractivity contribution in [1.29, 1.82) is 0 Å². The highest BCUT2D eigenvalue weighted by molar-refractivity contribution is 5.35. The van der Waals surface area contributed by atoms with Gasteiger partial charge in [0.15, 0.2) is 0 Å². The van der Waals surface area contributed by atoms with Crippen LogP contribution in [0.15, 0.2) is 18.2 Å². The fourth-order valence-corrected chi connectivity index (χ4v) is 2.02. The van der Waals surface area contributed by atoms with Crippen LogP contribution in [0.25, 0.3) is 0 Å². The van der Waals surface area contributed by atoms with Crippen LogP contribution in [0.3, 0.4) is 0 Å². The first-order chi connectivity index (χ1) is 8.98. The van der Waals surface area contributed by atoms with E-state index in [-0.39, 0.29) is 18.8 Å². The van der Waals surface area contributed by atoms with Crippen molar-refractivity contribution in [3.05, 3.63) is 39.7 Å². The van der Waals surface area contributed by atoms with Gasteiger partial charge >= 0.3 is 0 Å². The van der Waals surface area contributed by atoms with Crippen LogP contribution in [-0.2, 0) is 11.3 Å². The fraction of sp³-hybridized carbons (Fsp3) is 0.500. The van der Waals surface area contributed by atoms with E-state index >= 15 is 0 Å². The Hall–Kier alpha value is -1.57. The average molecular weight is 270 g/mol. The number of ether oxygens (including phenoxy) is 1. The molecule has 1 aromatic rings. The maximum atomic E-state index is 13.2. The smallest absolute Gasteiger partial charge is 0.272 e. The zero-order valence-corrected chi connectivity index (χ0v) is 10.3. The minimum atomic E-state index is -0.904. The summed E-state index contributed by atoms with van der Waals surface area (Å²) < 4.78 is 18.3. The normalized spacial score (nSPS) is 22.6. The van der Waals surface area contributed by atoms with Crippen LogP contribution in [-0.4, -0.2) is 35.4 Å². The van der Waals surface area contributed by atoms with E-state index in [4.69, 9.17) is 4.74 Å². The first-order valence-electron chi connectivity index (χ1n) is 5.93. The number of benzene rings is 1. The summed E-state index contributed by atoms with van der Waals surface area (Å²) in [6, 6.07) is 3.42. The van der Waals surface area contributed by atoms with Crippen molar-refractivity contribution in [3.8, 4) is 0 Å². The number of hydrogen-bond donors (Lipinski definition) is 2. The molecular weight excluding hydrogens is 255 g/mol. The second-order valence-electron chi connectivity index (χ2n) is 4.71. The molecule has 1 aliphatic heterocycles. The summed E-state index contributed by atoms with van der Waals surface area (Å²) in [7, 11) is 0. The van der Waals surface area contributed by atoms with Crippen molar-refractivity contribution in [1.82, 2.24) is 5.32 Å². The summed E-state index contributed by atoms with van der Waals surface area (Å²) in [5.41, 5.74) is -0.715. The molecule has 104 valence electrons. The van der Waals surface area contributed by atoms with Crippen LogP contribution >= 0.6 is 0 Å². The van der Waals surface area contributed by atoms with E-state index in [1.54, 1.807) is 0 Å². The van der Waals surface area contributed by atoms with Gasteiger partial charge in [0.1, 0.15) is 11.4 Å². The largest absolute Gasteiger partial charge is 0.386 e. The van der Waals surface area contributed by atoms with Crippen molar-refractivity contribution >= 4 is 5.69 Å². The quantitative estimate of drug-likeness (QED) is 0.615. The number of non-ortho nitro benzene ring substituents is 1. The average Bonchev–Trinajstić information content (AvgIpc) is 2.75. The maximum Gasteiger partial charge on any atom is 0.272 e. The maximum absolute atomic E-state index is 13.2. The van der Waals surface area contributed by atoms with E-state index in [1.807, 2.05) is 0 Å². The van der Waals surface area contributed by atoms with Crippen molar-refractivity contribution in [2.24, 2.45) is 0 Å². The lowest BCUT2D eigenvalue weighted by Crippen LogP contribution is -2.40. The minimum Gasteiger partial charge on any atom is -0.386 e. The second-order valence-corrected chi connectivity index (χ2v) is 4.71. The van der Waals surface area contributed by atoms with Gasteiger partial charge in [-0.2, -0.15) is 0 Å². The lowest BCUT2D eigenvalue weighted by Gasteiger charge is -2.20. The molecule has 0 aliphatic carbocycles. The van der Waals surface area contributed by atoms with Gasteiger partial charge in [0.05, 0.1) is 17.6 Å². The van der Waals surface area contributed by atoms with Crippen LogP contribution in [0, 0.1) is 15.9 Å². The van der Waals surface area contributed by atoms with Crippen molar-refractivity contribution in [2.45, 2.75) is 18.6 Å².